The number of carbonyl (C=O) groups excluding carboxylic acids is 1. The summed E-state index contributed by atoms with van der Waals surface area (Å²) in [5.41, 5.74) is 3.19. The monoisotopic (exact) mass is 356 g/mol. The van der Waals surface area contributed by atoms with Crippen molar-refractivity contribution in [3.63, 3.8) is 0 Å². The molecule has 1 aliphatic rings. The number of ketones is 1. The predicted molar refractivity (Wildman–Crippen MR) is 109 cm³/mol. The minimum atomic E-state index is -0.865. The van der Waals surface area contributed by atoms with E-state index in [1.807, 2.05) is 78.9 Å². The topological polar surface area (TPSA) is 37.3 Å². The van der Waals surface area contributed by atoms with Gasteiger partial charge in [0.1, 0.15) is 0 Å². The van der Waals surface area contributed by atoms with Gasteiger partial charge < -0.3 is 5.11 Å². The smallest absolute Gasteiger partial charge is 0.193 e. The lowest BCUT2D eigenvalue weighted by atomic mass is 9.75. The van der Waals surface area contributed by atoms with Crippen LogP contribution >= 0.6 is 0 Å². The van der Waals surface area contributed by atoms with Crippen LogP contribution in [-0.2, 0) is 5.60 Å². The van der Waals surface area contributed by atoms with E-state index in [2.05, 4.69) is 0 Å². The van der Waals surface area contributed by atoms with Crippen LogP contribution in [-0.4, -0.2) is 10.9 Å². The van der Waals surface area contributed by atoms with Crippen LogP contribution in [0, 0.1) is 0 Å². The van der Waals surface area contributed by atoms with Gasteiger partial charge in [-0.3, -0.25) is 4.79 Å². The summed E-state index contributed by atoms with van der Waals surface area (Å²) in [6, 6.07) is 25.1. The van der Waals surface area contributed by atoms with Crippen LogP contribution < -0.4 is 0 Å². The van der Waals surface area contributed by atoms with Crippen LogP contribution in [0.1, 0.15) is 53.6 Å². The van der Waals surface area contributed by atoms with E-state index in [0.717, 1.165) is 48.8 Å². The molecule has 1 aliphatic carbocycles. The van der Waals surface area contributed by atoms with E-state index in [1.54, 1.807) is 0 Å². The minimum absolute atomic E-state index is 0.00397. The first-order chi connectivity index (χ1) is 13.2. The molecule has 0 aromatic heterocycles. The average molecular weight is 356 g/mol. The van der Waals surface area contributed by atoms with E-state index in [-0.39, 0.29) is 5.78 Å². The first-order valence-corrected chi connectivity index (χ1v) is 9.70. The Morgan fingerprint density at radius 3 is 2.04 bits per heavy atom. The van der Waals surface area contributed by atoms with Crippen molar-refractivity contribution in [2.45, 2.75) is 37.7 Å². The molecular formula is C25H24O2. The Bertz CT molecular complexity index is 923. The second-order valence-electron chi connectivity index (χ2n) is 7.38. The van der Waals surface area contributed by atoms with Gasteiger partial charge in [0.15, 0.2) is 5.78 Å². The molecule has 3 aromatic rings. The van der Waals surface area contributed by atoms with E-state index >= 15 is 0 Å². The lowest BCUT2D eigenvalue weighted by Crippen LogP contribution is -2.29. The highest BCUT2D eigenvalue weighted by atomic mass is 16.3. The molecule has 0 heterocycles. The summed E-state index contributed by atoms with van der Waals surface area (Å²) in [6.45, 7) is 0. The summed E-state index contributed by atoms with van der Waals surface area (Å²) in [6.07, 6.45) is 4.68. The van der Waals surface area contributed by atoms with Crippen LogP contribution in [0.25, 0.3) is 11.1 Å². The van der Waals surface area contributed by atoms with Gasteiger partial charge in [0.05, 0.1) is 5.60 Å². The van der Waals surface area contributed by atoms with E-state index in [1.165, 1.54) is 0 Å². The van der Waals surface area contributed by atoms with Crippen LogP contribution in [0.2, 0.25) is 0 Å². The Kier molecular flexibility index (Phi) is 4.91. The van der Waals surface area contributed by atoms with Crippen molar-refractivity contribution >= 4 is 5.78 Å². The number of benzene rings is 3. The summed E-state index contributed by atoms with van der Waals surface area (Å²) in [4.78, 5) is 13.3. The standard InChI is InChI=1S/C25H24O2/c26-24(20-13-6-2-7-14-20)21-15-10-16-22(25(27)17-8-3-9-18-25)23(21)19-11-4-1-5-12-19/h1-2,4-7,10-16,27H,3,8-9,17-18H2. The van der Waals surface area contributed by atoms with E-state index in [9.17, 15) is 9.90 Å². The molecule has 1 fully saturated rings. The number of hydrogen-bond donors (Lipinski definition) is 1. The maximum absolute atomic E-state index is 13.3. The third-order valence-corrected chi connectivity index (χ3v) is 5.59. The minimum Gasteiger partial charge on any atom is -0.385 e. The van der Waals surface area contributed by atoms with Gasteiger partial charge in [-0.15, -0.1) is 0 Å². The third-order valence-electron chi connectivity index (χ3n) is 5.59. The van der Waals surface area contributed by atoms with Crippen LogP contribution in [0.3, 0.4) is 0 Å². The fourth-order valence-corrected chi connectivity index (χ4v) is 4.20. The lowest BCUT2D eigenvalue weighted by molar-refractivity contribution is -0.000118. The molecule has 0 bridgehead atoms. The molecule has 0 amide bonds. The van der Waals surface area contributed by atoms with Crippen molar-refractivity contribution in [2.24, 2.45) is 0 Å². The van der Waals surface area contributed by atoms with Gasteiger partial charge in [0.25, 0.3) is 0 Å². The maximum Gasteiger partial charge on any atom is 0.193 e. The van der Waals surface area contributed by atoms with Crippen molar-refractivity contribution in [3.05, 3.63) is 95.6 Å². The summed E-state index contributed by atoms with van der Waals surface area (Å²) in [5, 5.41) is 11.5. The molecule has 0 atom stereocenters. The Morgan fingerprint density at radius 2 is 1.37 bits per heavy atom. The molecule has 136 valence electrons. The SMILES string of the molecule is O=C(c1ccccc1)c1cccc(C2(O)CCCCC2)c1-c1ccccc1. The van der Waals surface area contributed by atoms with Crippen molar-refractivity contribution in [1.29, 1.82) is 0 Å². The van der Waals surface area contributed by atoms with E-state index < -0.39 is 5.60 Å². The second-order valence-corrected chi connectivity index (χ2v) is 7.38. The van der Waals surface area contributed by atoms with Crippen molar-refractivity contribution in [3.8, 4) is 11.1 Å². The lowest BCUT2D eigenvalue weighted by Gasteiger charge is -2.35. The Hall–Kier alpha value is -2.71. The molecule has 2 nitrogen and oxygen atoms in total. The van der Waals surface area contributed by atoms with Gasteiger partial charge in [-0.1, -0.05) is 98.1 Å². The molecule has 0 radical (unpaired) electrons. The van der Waals surface area contributed by atoms with E-state index in [0.29, 0.717) is 11.1 Å². The Balaban J connectivity index is 1.92. The van der Waals surface area contributed by atoms with Crippen molar-refractivity contribution in [1.82, 2.24) is 0 Å². The fourth-order valence-electron chi connectivity index (χ4n) is 4.20. The van der Waals surface area contributed by atoms with Crippen LogP contribution in [0.15, 0.2) is 78.9 Å². The zero-order chi connectivity index (χ0) is 18.7. The first-order valence-electron chi connectivity index (χ1n) is 9.70. The third kappa shape index (κ3) is 3.45. The molecular weight excluding hydrogens is 332 g/mol. The molecule has 1 N–H and O–H groups in total. The van der Waals surface area contributed by atoms with Gasteiger partial charge in [-0.25, -0.2) is 0 Å². The number of hydrogen-bond acceptors (Lipinski definition) is 2. The molecule has 1 saturated carbocycles. The zero-order valence-electron chi connectivity index (χ0n) is 15.4. The molecule has 0 aliphatic heterocycles. The van der Waals surface area contributed by atoms with E-state index in [4.69, 9.17) is 0 Å². The summed E-state index contributed by atoms with van der Waals surface area (Å²) in [5.74, 6) is -0.00397. The van der Waals surface area contributed by atoms with Gasteiger partial charge in [-0.2, -0.15) is 0 Å². The first kappa shape index (κ1) is 17.7. The molecule has 2 heteroatoms. The number of carbonyl (C=O) groups is 1. The molecule has 0 spiro atoms. The second kappa shape index (κ2) is 7.50. The molecule has 3 aromatic carbocycles. The molecule has 27 heavy (non-hydrogen) atoms. The van der Waals surface area contributed by atoms with Crippen molar-refractivity contribution in [2.75, 3.05) is 0 Å². The van der Waals surface area contributed by atoms with Crippen LogP contribution in [0.5, 0.6) is 0 Å². The number of aliphatic hydroxyl groups is 1. The fraction of sp³-hybridized carbons (Fsp3) is 0.240. The highest BCUT2D eigenvalue weighted by Crippen LogP contribution is 2.43. The van der Waals surface area contributed by atoms with Gasteiger partial charge >= 0.3 is 0 Å². The largest absolute Gasteiger partial charge is 0.385 e. The van der Waals surface area contributed by atoms with Crippen LogP contribution in [0.4, 0.5) is 0 Å². The average Bonchev–Trinajstić information content (AvgIpc) is 2.74. The van der Waals surface area contributed by atoms with Gasteiger partial charge in [-0.05, 0) is 29.5 Å². The molecule has 4 rings (SSSR count). The predicted octanol–water partition coefficient (Wildman–Crippen LogP) is 5.74. The van der Waals surface area contributed by atoms with Crippen molar-refractivity contribution < 1.29 is 9.90 Å². The molecule has 0 saturated heterocycles. The van der Waals surface area contributed by atoms with Gasteiger partial charge in [0.2, 0.25) is 0 Å². The molecule has 0 unspecified atom stereocenters. The normalized spacial score (nSPS) is 16.0. The summed E-state index contributed by atoms with van der Waals surface area (Å²) >= 11 is 0. The zero-order valence-corrected chi connectivity index (χ0v) is 15.4. The Morgan fingerprint density at radius 1 is 0.741 bits per heavy atom. The summed E-state index contributed by atoms with van der Waals surface area (Å²) in [7, 11) is 0. The quantitative estimate of drug-likeness (QED) is 0.606. The maximum atomic E-state index is 13.3. The highest BCUT2D eigenvalue weighted by molar-refractivity contribution is 6.13. The van der Waals surface area contributed by atoms with Gasteiger partial charge in [0, 0.05) is 11.1 Å². The highest BCUT2D eigenvalue weighted by Gasteiger charge is 2.34. The summed E-state index contributed by atoms with van der Waals surface area (Å²) < 4.78 is 0. The number of rotatable bonds is 4. The Labute approximate surface area is 160 Å².